The zero-order valence-electron chi connectivity index (χ0n) is 24.3. The standard InChI is InChI=1S/C40H30O4/c41-39(33-21-17-29-13-11-25-7-5-9-27-15-19-31(33)37(29)35(25)27)43-23-3-1-2-4-24-44-40(42)34-22-18-30-14-12-26-8-6-10-28-16-20-32(34)38(30)36(26)28/h5-22H,1-4,23-24H2. The maximum absolute atomic E-state index is 13.1. The third-order valence-corrected chi connectivity index (χ3v) is 9.00. The van der Waals surface area contributed by atoms with Crippen molar-refractivity contribution in [2.75, 3.05) is 13.2 Å². The van der Waals surface area contributed by atoms with E-state index in [1.165, 1.54) is 32.3 Å². The Morgan fingerprint density at radius 1 is 0.386 bits per heavy atom. The first-order valence-corrected chi connectivity index (χ1v) is 15.3. The molecule has 0 aliphatic heterocycles. The lowest BCUT2D eigenvalue weighted by molar-refractivity contribution is 0.0476. The van der Waals surface area contributed by atoms with E-state index in [9.17, 15) is 9.59 Å². The third-order valence-electron chi connectivity index (χ3n) is 9.00. The van der Waals surface area contributed by atoms with E-state index in [2.05, 4.69) is 72.8 Å². The minimum atomic E-state index is -0.287. The molecule has 214 valence electrons. The van der Waals surface area contributed by atoms with Crippen molar-refractivity contribution in [2.24, 2.45) is 0 Å². The molecule has 8 aromatic rings. The highest BCUT2D eigenvalue weighted by Gasteiger charge is 2.17. The summed E-state index contributed by atoms with van der Waals surface area (Å²) in [5, 5.41) is 13.4. The second kappa shape index (κ2) is 10.8. The van der Waals surface area contributed by atoms with E-state index in [4.69, 9.17) is 9.47 Å². The van der Waals surface area contributed by atoms with Crippen LogP contribution in [0, 0.1) is 0 Å². The molecule has 0 unspecified atom stereocenters. The summed E-state index contributed by atoms with van der Waals surface area (Å²) in [6, 6.07) is 37.1. The van der Waals surface area contributed by atoms with Crippen LogP contribution in [-0.2, 0) is 9.47 Å². The molecular weight excluding hydrogens is 544 g/mol. The fraction of sp³-hybridized carbons (Fsp3) is 0.150. The minimum Gasteiger partial charge on any atom is -0.462 e. The van der Waals surface area contributed by atoms with Gasteiger partial charge in [0.25, 0.3) is 0 Å². The van der Waals surface area contributed by atoms with Crippen LogP contribution >= 0.6 is 0 Å². The smallest absolute Gasteiger partial charge is 0.338 e. The lowest BCUT2D eigenvalue weighted by Crippen LogP contribution is -2.08. The molecule has 4 nitrogen and oxygen atoms in total. The van der Waals surface area contributed by atoms with Gasteiger partial charge in [0.05, 0.1) is 24.3 Å². The summed E-state index contributed by atoms with van der Waals surface area (Å²) in [4.78, 5) is 26.1. The quantitative estimate of drug-likeness (QED) is 0.0978. The van der Waals surface area contributed by atoms with Gasteiger partial charge in [-0.1, -0.05) is 97.1 Å². The number of hydrogen-bond acceptors (Lipinski definition) is 4. The molecule has 0 heterocycles. The van der Waals surface area contributed by atoms with Crippen molar-refractivity contribution >= 4 is 76.6 Å². The molecule has 0 aliphatic carbocycles. The number of ether oxygens (including phenoxy) is 2. The largest absolute Gasteiger partial charge is 0.462 e. The second-order valence-electron chi connectivity index (χ2n) is 11.6. The van der Waals surface area contributed by atoms with Crippen molar-refractivity contribution in [1.29, 1.82) is 0 Å². The average molecular weight is 575 g/mol. The van der Waals surface area contributed by atoms with E-state index < -0.39 is 0 Å². The molecule has 4 heteroatoms. The first kappa shape index (κ1) is 26.4. The van der Waals surface area contributed by atoms with Crippen molar-refractivity contribution in [3.63, 3.8) is 0 Å². The summed E-state index contributed by atoms with van der Waals surface area (Å²) < 4.78 is 11.4. The number of esters is 2. The molecule has 0 radical (unpaired) electrons. The molecule has 0 aromatic heterocycles. The number of hydrogen-bond donors (Lipinski definition) is 0. The van der Waals surface area contributed by atoms with Crippen LogP contribution in [0.2, 0.25) is 0 Å². The second-order valence-corrected chi connectivity index (χ2v) is 11.6. The number of benzene rings is 8. The lowest BCUT2D eigenvalue weighted by Gasteiger charge is -2.14. The van der Waals surface area contributed by atoms with Gasteiger partial charge in [-0.05, 0) is 102 Å². The van der Waals surface area contributed by atoms with Crippen molar-refractivity contribution in [3.05, 3.63) is 120 Å². The molecule has 0 spiro atoms. The topological polar surface area (TPSA) is 52.6 Å². The minimum absolute atomic E-state index is 0.287. The highest BCUT2D eigenvalue weighted by Crippen LogP contribution is 2.37. The SMILES string of the molecule is O=C(OCCCCCCOC(=O)c1ccc2ccc3cccc4ccc1c2c34)c1ccc2ccc3cccc4ccc1c2c34. The zero-order chi connectivity index (χ0) is 29.6. The Balaban J connectivity index is 0.850. The normalized spacial score (nSPS) is 11.9. The van der Waals surface area contributed by atoms with Crippen LogP contribution in [0.1, 0.15) is 46.4 Å². The third kappa shape index (κ3) is 4.37. The van der Waals surface area contributed by atoms with E-state index in [0.29, 0.717) is 24.3 Å². The first-order chi connectivity index (χ1) is 21.7. The molecule has 44 heavy (non-hydrogen) atoms. The molecule has 0 saturated heterocycles. The fourth-order valence-electron chi connectivity index (χ4n) is 6.87. The Hall–Kier alpha value is -5.22. The molecule has 0 N–H and O–H groups in total. The van der Waals surface area contributed by atoms with Crippen LogP contribution in [-0.4, -0.2) is 25.2 Å². The van der Waals surface area contributed by atoms with E-state index in [0.717, 1.165) is 58.0 Å². The summed E-state index contributed by atoms with van der Waals surface area (Å²) in [7, 11) is 0. The Morgan fingerprint density at radius 3 is 1.14 bits per heavy atom. The summed E-state index contributed by atoms with van der Waals surface area (Å²) >= 11 is 0. The van der Waals surface area contributed by atoms with Gasteiger partial charge in [0.15, 0.2) is 0 Å². The molecule has 0 fully saturated rings. The highest BCUT2D eigenvalue weighted by atomic mass is 16.5. The predicted octanol–water partition coefficient (Wildman–Crippen LogP) is 10.1. The van der Waals surface area contributed by atoms with Gasteiger partial charge in [0.1, 0.15) is 0 Å². The van der Waals surface area contributed by atoms with Gasteiger partial charge in [-0.15, -0.1) is 0 Å². The van der Waals surface area contributed by atoms with E-state index in [1.807, 2.05) is 36.4 Å². The number of carbonyl (C=O) groups excluding carboxylic acids is 2. The lowest BCUT2D eigenvalue weighted by atomic mass is 9.92. The molecule has 0 aliphatic rings. The summed E-state index contributed by atoms with van der Waals surface area (Å²) in [5.74, 6) is -0.574. The number of unbranched alkanes of at least 4 members (excludes halogenated alkanes) is 3. The van der Waals surface area contributed by atoms with Gasteiger partial charge in [-0.2, -0.15) is 0 Å². The zero-order valence-corrected chi connectivity index (χ0v) is 24.3. The van der Waals surface area contributed by atoms with Gasteiger partial charge in [-0.25, -0.2) is 9.59 Å². The van der Waals surface area contributed by atoms with Crippen LogP contribution in [0.5, 0.6) is 0 Å². The van der Waals surface area contributed by atoms with Gasteiger partial charge in [0.2, 0.25) is 0 Å². The van der Waals surface area contributed by atoms with E-state index in [-0.39, 0.29) is 11.9 Å². The Kier molecular flexibility index (Phi) is 6.48. The van der Waals surface area contributed by atoms with Crippen molar-refractivity contribution in [1.82, 2.24) is 0 Å². The molecule has 0 bridgehead atoms. The molecular formula is C40H30O4. The van der Waals surface area contributed by atoms with Gasteiger partial charge < -0.3 is 9.47 Å². The van der Waals surface area contributed by atoms with Gasteiger partial charge in [-0.3, -0.25) is 0 Å². The predicted molar refractivity (Wildman–Crippen MR) is 179 cm³/mol. The maximum Gasteiger partial charge on any atom is 0.338 e. The van der Waals surface area contributed by atoms with Crippen LogP contribution in [0.25, 0.3) is 64.6 Å². The van der Waals surface area contributed by atoms with E-state index >= 15 is 0 Å². The molecule has 0 saturated carbocycles. The molecule has 8 aromatic carbocycles. The van der Waals surface area contributed by atoms with Crippen LogP contribution < -0.4 is 0 Å². The Labute approximate surface area is 254 Å². The van der Waals surface area contributed by atoms with Crippen molar-refractivity contribution in [3.8, 4) is 0 Å². The Morgan fingerprint density at radius 2 is 0.727 bits per heavy atom. The number of carbonyl (C=O) groups is 2. The van der Waals surface area contributed by atoms with E-state index in [1.54, 1.807) is 0 Å². The molecule has 0 atom stereocenters. The van der Waals surface area contributed by atoms with Gasteiger partial charge >= 0.3 is 11.9 Å². The van der Waals surface area contributed by atoms with Crippen LogP contribution in [0.4, 0.5) is 0 Å². The number of rotatable bonds is 9. The maximum atomic E-state index is 13.1. The monoisotopic (exact) mass is 574 g/mol. The summed E-state index contributed by atoms with van der Waals surface area (Å²) in [6.45, 7) is 0.729. The summed E-state index contributed by atoms with van der Waals surface area (Å²) in [6.07, 6.45) is 3.31. The molecule has 0 amide bonds. The van der Waals surface area contributed by atoms with Crippen LogP contribution in [0.15, 0.2) is 109 Å². The Bertz CT molecular complexity index is 2140. The summed E-state index contributed by atoms with van der Waals surface area (Å²) in [5.41, 5.74) is 1.21. The first-order valence-electron chi connectivity index (χ1n) is 15.3. The van der Waals surface area contributed by atoms with Crippen LogP contribution in [0.3, 0.4) is 0 Å². The van der Waals surface area contributed by atoms with Crippen molar-refractivity contribution < 1.29 is 19.1 Å². The van der Waals surface area contributed by atoms with Crippen molar-refractivity contribution in [2.45, 2.75) is 25.7 Å². The average Bonchev–Trinajstić information content (AvgIpc) is 3.07. The fourth-order valence-corrected chi connectivity index (χ4v) is 6.87. The van der Waals surface area contributed by atoms with Gasteiger partial charge in [0, 0.05) is 0 Å². The molecule has 8 rings (SSSR count). The highest BCUT2D eigenvalue weighted by molar-refractivity contribution is 6.27.